The summed E-state index contributed by atoms with van der Waals surface area (Å²) in [6, 6.07) is 12.3. The number of ketones is 1. The molecule has 5 nitrogen and oxygen atoms in total. The molecule has 0 aliphatic rings. The van der Waals surface area contributed by atoms with Gasteiger partial charge in [-0.2, -0.15) is 0 Å². The zero-order chi connectivity index (χ0) is 15.9. The van der Waals surface area contributed by atoms with Crippen LogP contribution in [-0.2, 0) is 4.74 Å². The number of carbonyl (C=O) groups is 2. The fourth-order valence-corrected chi connectivity index (χ4v) is 1.80. The van der Waals surface area contributed by atoms with Crippen LogP contribution in [0, 0.1) is 0 Å². The summed E-state index contributed by atoms with van der Waals surface area (Å²) >= 11 is 0. The topological polar surface area (TPSA) is 72.8 Å². The predicted octanol–water partition coefficient (Wildman–Crippen LogP) is 2.83. The number of phenolic OH excluding ortho intramolecular Hbond substituents is 1. The predicted molar refractivity (Wildman–Crippen MR) is 80.3 cm³/mol. The van der Waals surface area contributed by atoms with Crippen LogP contribution in [0.3, 0.4) is 0 Å². The summed E-state index contributed by atoms with van der Waals surface area (Å²) in [4.78, 5) is 23.7. The van der Waals surface area contributed by atoms with Gasteiger partial charge in [0, 0.05) is 5.56 Å². The maximum absolute atomic E-state index is 11.9. The van der Waals surface area contributed by atoms with Crippen molar-refractivity contribution in [3.63, 3.8) is 0 Å². The highest BCUT2D eigenvalue weighted by molar-refractivity contribution is 5.99. The van der Waals surface area contributed by atoms with Gasteiger partial charge in [-0.05, 0) is 55.5 Å². The number of rotatable bonds is 6. The van der Waals surface area contributed by atoms with Crippen molar-refractivity contribution in [1.29, 1.82) is 0 Å². The van der Waals surface area contributed by atoms with Gasteiger partial charge in [-0.1, -0.05) is 0 Å². The van der Waals surface area contributed by atoms with Crippen LogP contribution in [0.4, 0.5) is 0 Å². The minimum Gasteiger partial charge on any atom is -0.508 e. The monoisotopic (exact) mass is 300 g/mol. The van der Waals surface area contributed by atoms with E-state index in [0.717, 1.165) is 0 Å². The van der Waals surface area contributed by atoms with Crippen molar-refractivity contribution >= 4 is 11.8 Å². The van der Waals surface area contributed by atoms with E-state index in [-0.39, 0.29) is 23.7 Å². The van der Waals surface area contributed by atoms with Gasteiger partial charge in [-0.25, -0.2) is 4.79 Å². The van der Waals surface area contributed by atoms with Gasteiger partial charge in [0.25, 0.3) is 0 Å². The Morgan fingerprint density at radius 3 is 2.14 bits per heavy atom. The highest BCUT2D eigenvalue weighted by Crippen LogP contribution is 2.13. The van der Waals surface area contributed by atoms with E-state index in [4.69, 9.17) is 14.6 Å². The second kappa shape index (κ2) is 7.26. The molecule has 0 aromatic heterocycles. The molecule has 2 rings (SSSR count). The standard InChI is InChI=1S/C17H16O5/c1-2-21-15-9-5-12(6-10-15)16(19)11-22-17(20)13-3-7-14(18)8-4-13/h3-10,18H,2,11H2,1H3. The third-order valence-electron chi connectivity index (χ3n) is 2.92. The zero-order valence-corrected chi connectivity index (χ0v) is 12.1. The molecule has 0 saturated heterocycles. The average Bonchev–Trinajstić information content (AvgIpc) is 2.54. The van der Waals surface area contributed by atoms with E-state index in [0.29, 0.717) is 17.9 Å². The lowest BCUT2D eigenvalue weighted by Crippen LogP contribution is -2.14. The van der Waals surface area contributed by atoms with Gasteiger partial charge in [-0.15, -0.1) is 0 Å². The van der Waals surface area contributed by atoms with Crippen molar-refractivity contribution in [2.45, 2.75) is 6.92 Å². The van der Waals surface area contributed by atoms with Gasteiger partial charge in [-0.3, -0.25) is 4.79 Å². The number of carbonyl (C=O) groups excluding carboxylic acids is 2. The molecule has 0 aliphatic heterocycles. The molecule has 0 unspecified atom stereocenters. The van der Waals surface area contributed by atoms with Gasteiger partial charge < -0.3 is 14.6 Å². The molecule has 0 spiro atoms. The molecule has 2 aromatic carbocycles. The number of ether oxygens (including phenoxy) is 2. The number of hydrogen-bond acceptors (Lipinski definition) is 5. The summed E-state index contributed by atoms with van der Waals surface area (Å²) in [6.45, 7) is 2.09. The van der Waals surface area contributed by atoms with Gasteiger partial charge >= 0.3 is 5.97 Å². The van der Waals surface area contributed by atoms with Gasteiger partial charge in [0.1, 0.15) is 11.5 Å². The molecule has 0 aliphatic carbocycles. The zero-order valence-electron chi connectivity index (χ0n) is 12.1. The molecule has 0 heterocycles. The summed E-state index contributed by atoms with van der Waals surface area (Å²) in [5.74, 6) is -0.170. The lowest BCUT2D eigenvalue weighted by molar-refractivity contribution is 0.0474. The van der Waals surface area contributed by atoms with Gasteiger partial charge in [0.2, 0.25) is 0 Å². The Morgan fingerprint density at radius 1 is 0.955 bits per heavy atom. The molecule has 5 heteroatoms. The second-order valence-corrected chi connectivity index (χ2v) is 4.50. The Labute approximate surface area is 128 Å². The first-order valence-electron chi connectivity index (χ1n) is 6.82. The fourth-order valence-electron chi connectivity index (χ4n) is 1.80. The van der Waals surface area contributed by atoms with Crippen molar-refractivity contribution in [1.82, 2.24) is 0 Å². The number of benzene rings is 2. The Balaban J connectivity index is 1.91. The normalized spacial score (nSPS) is 10.0. The van der Waals surface area contributed by atoms with Gasteiger partial charge in [0.15, 0.2) is 12.4 Å². The van der Waals surface area contributed by atoms with E-state index in [1.165, 1.54) is 24.3 Å². The molecule has 0 fully saturated rings. The Bertz CT molecular complexity index is 644. The Hall–Kier alpha value is -2.82. The number of esters is 1. The molecular weight excluding hydrogens is 284 g/mol. The number of hydrogen-bond donors (Lipinski definition) is 1. The summed E-state index contributed by atoms with van der Waals surface area (Å²) in [6.07, 6.45) is 0. The molecule has 22 heavy (non-hydrogen) atoms. The van der Waals surface area contributed by atoms with E-state index in [1.54, 1.807) is 24.3 Å². The van der Waals surface area contributed by atoms with Crippen molar-refractivity contribution in [3.8, 4) is 11.5 Å². The maximum Gasteiger partial charge on any atom is 0.338 e. The van der Waals surface area contributed by atoms with Crippen LogP contribution in [0.5, 0.6) is 11.5 Å². The quantitative estimate of drug-likeness (QED) is 0.656. The molecule has 0 radical (unpaired) electrons. The largest absolute Gasteiger partial charge is 0.508 e. The van der Waals surface area contributed by atoms with Crippen LogP contribution < -0.4 is 4.74 Å². The Kier molecular flexibility index (Phi) is 5.14. The second-order valence-electron chi connectivity index (χ2n) is 4.50. The summed E-state index contributed by atoms with van der Waals surface area (Å²) < 4.78 is 10.2. The van der Waals surface area contributed by atoms with Crippen LogP contribution in [-0.4, -0.2) is 30.1 Å². The molecule has 0 saturated carbocycles. The van der Waals surface area contributed by atoms with E-state index in [1.807, 2.05) is 6.92 Å². The SMILES string of the molecule is CCOc1ccc(C(=O)COC(=O)c2ccc(O)cc2)cc1. The van der Waals surface area contributed by atoms with Crippen molar-refractivity contribution in [3.05, 3.63) is 59.7 Å². The maximum atomic E-state index is 11.9. The van der Waals surface area contributed by atoms with Crippen LogP contribution in [0.15, 0.2) is 48.5 Å². The molecule has 0 bridgehead atoms. The van der Waals surface area contributed by atoms with E-state index < -0.39 is 5.97 Å². The number of aromatic hydroxyl groups is 1. The van der Waals surface area contributed by atoms with Crippen molar-refractivity contribution in [2.75, 3.05) is 13.2 Å². The highest BCUT2D eigenvalue weighted by Gasteiger charge is 2.12. The molecule has 0 amide bonds. The van der Waals surface area contributed by atoms with E-state index >= 15 is 0 Å². The van der Waals surface area contributed by atoms with Crippen LogP contribution in [0.25, 0.3) is 0 Å². The molecule has 1 N–H and O–H groups in total. The van der Waals surface area contributed by atoms with Gasteiger partial charge in [0.05, 0.1) is 12.2 Å². The van der Waals surface area contributed by atoms with Crippen molar-refractivity contribution < 1.29 is 24.2 Å². The van der Waals surface area contributed by atoms with Crippen LogP contribution in [0.1, 0.15) is 27.6 Å². The average molecular weight is 300 g/mol. The molecule has 0 atom stereocenters. The third-order valence-corrected chi connectivity index (χ3v) is 2.92. The summed E-state index contributed by atoms with van der Waals surface area (Å²) in [5.41, 5.74) is 0.722. The minimum absolute atomic E-state index is 0.0574. The van der Waals surface area contributed by atoms with E-state index in [2.05, 4.69) is 0 Å². The number of Topliss-reactive ketones (excluding diaryl/α,β-unsaturated/α-hetero) is 1. The summed E-state index contributed by atoms with van der Waals surface area (Å²) in [5, 5.41) is 9.15. The molecule has 2 aromatic rings. The highest BCUT2D eigenvalue weighted by atomic mass is 16.5. The van der Waals surface area contributed by atoms with Crippen LogP contribution in [0.2, 0.25) is 0 Å². The Morgan fingerprint density at radius 2 is 1.55 bits per heavy atom. The first-order valence-corrected chi connectivity index (χ1v) is 6.82. The number of phenols is 1. The van der Waals surface area contributed by atoms with E-state index in [9.17, 15) is 9.59 Å². The van der Waals surface area contributed by atoms with Crippen LogP contribution >= 0.6 is 0 Å². The molecule has 114 valence electrons. The third kappa shape index (κ3) is 4.09. The fraction of sp³-hybridized carbons (Fsp3) is 0.176. The lowest BCUT2D eigenvalue weighted by atomic mass is 10.1. The molecular formula is C17H16O5. The smallest absolute Gasteiger partial charge is 0.338 e. The first-order chi connectivity index (χ1) is 10.6. The van der Waals surface area contributed by atoms with Crippen molar-refractivity contribution in [2.24, 2.45) is 0 Å². The first kappa shape index (κ1) is 15.6. The summed E-state index contributed by atoms with van der Waals surface area (Å²) in [7, 11) is 0. The lowest BCUT2D eigenvalue weighted by Gasteiger charge is -2.06. The minimum atomic E-state index is -0.612.